The molecule has 1 aliphatic rings. The lowest BCUT2D eigenvalue weighted by Crippen LogP contribution is -2.22. The summed E-state index contributed by atoms with van der Waals surface area (Å²) >= 11 is 0. The number of nitrogens with zero attached hydrogens (tertiary/aromatic N) is 4. The Morgan fingerprint density at radius 1 is 1.44 bits per heavy atom. The Balaban J connectivity index is 2.00. The number of fused-ring (bicyclic) bond motifs is 1. The number of aromatic nitrogens is 4. The molecule has 6 nitrogen and oxygen atoms in total. The number of ether oxygens (including phenoxy) is 1. The van der Waals surface area contributed by atoms with Gasteiger partial charge in [0.05, 0.1) is 12.4 Å². The molecular formula is C12H15N5O. The predicted octanol–water partition coefficient (Wildman–Crippen LogP) is 1.66. The maximum Gasteiger partial charge on any atom is 0.167 e. The van der Waals surface area contributed by atoms with Crippen LogP contribution in [-0.2, 0) is 4.74 Å². The minimum absolute atomic E-state index is 0.0701. The average Bonchev–Trinajstić information content (AvgIpc) is 2.84. The maximum atomic E-state index is 5.96. The van der Waals surface area contributed by atoms with E-state index in [4.69, 9.17) is 10.5 Å². The van der Waals surface area contributed by atoms with Crippen molar-refractivity contribution >= 4 is 17.0 Å². The lowest BCUT2D eigenvalue weighted by molar-refractivity contribution is -0.0379. The maximum absolute atomic E-state index is 5.96. The SMILES string of the molecule is CC[C@@H]1C=CC[C@H](n2cnc3c(N)ncnc32)O1. The van der Waals surface area contributed by atoms with Crippen LogP contribution in [0.1, 0.15) is 26.0 Å². The first-order valence-corrected chi connectivity index (χ1v) is 6.04. The van der Waals surface area contributed by atoms with Crippen molar-refractivity contribution in [2.75, 3.05) is 5.73 Å². The summed E-state index contributed by atoms with van der Waals surface area (Å²) in [6.45, 7) is 2.10. The molecule has 94 valence electrons. The number of hydrogen-bond donors (Lipinski definition) is 1. The van der Waals surface area contributed by atoms with Gasteiger partial charge in [0.15, 0.2) is 11.5 Å². The minimum atomic E-state index is -0.0701. The zero-order chi connectivity index (χ0) is 12.5. The third kappa shape index (κ3) is 1.74. The molecule has 2 atom stereocenters. The summed E-state index contributed by atoms with van der Waals surface area (Å²) in [5.41, 5.74) is 7.12. The monoisotopic (exact) mass is 245 g/mol. The molecule has 2 N–H and O–H groups in total. The molecule has 2 aromatic heterocycles. The largest absolute Gasteiger partial charge is 0.382 e. The van der Waals surface area contributed by atoms with Crippen LogP contribution in [0.15, 0.2) is 24.8 Å². The van der Waals surface area contributed by atoms with Gasteiger partial charge in [-0.15, -0.1) is 0 Å². The molecule has 18 heavy (non-hydrogen) atoms. The van der Waals surface area contributed by atoms with Gasteiger partial charge in [-0.05, 0) is 6.42 Å². The molecule has 3 heterocycles. The number of hydrogen-bond acceptors (Lipinski definition) is 5. The molecule has 0 aromatic carbocycles. The fourth-order valence-electron chi connectivity index (χ4n) is 2.14. The van der Waals surface area contributed by atoms with Crippen LogP contribution >= 0.6 is 0 Å². The van der Waals surface area contributed by atoms with Crippen molar-refractivity contribution in [1.82, 2.24) is 19.5 Å². The third-order valence-corrected chi connectivity index (χ3v) is 3.12. The number of anilines is 1. The number of nitrogens with two attached hydrogens (primary N) is 1. The molecular weight excluding hydrogens is 230 g/mol. The van der Waals surface area contributed by atoms with E-state index < -0.39 is 0 Å². The Hall–Kier alpha value is -1.95. The van der Waals surface area contributed by atoms with Gasteiger partial charge in [-0.1, -0.05) is 19.1 Å². The Labute approximate surface area is 105 Å². The molecule has 0 fully saturated rings. The molecule has 2 aromatic rings. The molecule has 0 radical (unpaired) electrons. The van der Waals surface area contributed by atoms with E-state index in [0.29, 0.717) is 11.3 Å². The molecule has 0 aliphatic carbocycles. The summed E-state index contributed by atoms with van der Waals surface area (Å²) in [6, 6.07) is 0. The zero-order valence-electron chi connectivity index (χ0n) is 10.2. The van der Waals surface area contributed by atoms with E-state index >= 15 is 0 Å². The fraction of sp³-hybridized carbons (Fsp3) is 0.417. The van der Waals surface area contributed by atoms with E-state index in [2.05, 4.69) is 34.0 Å². The van der Waals surface area contributed by atoms with Crippen molar-refractivity contribution < 1.29 is 4.74 Å². The zero-order valence-corrected chi connectivity index (χ0v) is 10.2. The predicted molar refractivity (Wildman–Crippen MR) is 67.7 cm³/mol. The Morgan fingerprint density at radius 3 is 3.17 bits per heavy atom. The van der Waals surface area contributed by atoms with Crippen LogP contribution < -0.4 is 5.73 Å². The van der Waals surface area contributed by atoms with Crippen LogP contribution in [0.25, 0.3) is 11.2 Å². The Morgan fingerprint density at radius 2 is 2.33 bits per heavy atom. The summed E-state index contributed by atoms with van der Waals surface area (Å²) in [4.78, 5) is 12.4. The average molecular weight is 245 g/mol. The summed E-state index contributed by atoms with van der Waals surface area (Å²) < 4.78 is 7.88. The topological polar surface area (TPSA) is 78.9 Å². The number of rotatable bonds is 2. The second-order valence-electron chi connectivity index (χ2n) is 4.28. The van der Waals surface area contributed by atoms with Crippen LogP contribution in [0.3, 0.4) is 0 Å². The van der Waals surface area contributed by atoms with Gasteiger partial charge in [-0.2, -0.15) is 0 Å². The van der Waals surface area contributed by atoms with Gasteiger partial charge in [0.1, 0.15) is 18.1 Å². The van der Waals surface area contributed by atoms with E-state index in [0.717, 1.165) is 18.5 Å². The first kappa shape index (κ1) is 11.2. The van der Waals surface area contributed by atoms with E-state index in [-0.39, 0.29) is 12.3 Å². The molecule has 1 aliphatic heterocycles. The van der Waals surface area contributed by atoms with Crippen LogP contribution in [0, 0.1) is 0 Å². The summed E-state index contributed by atoms with van der Waals surface area (Å²) in [5.74, 6) is 0.400. The van der Waals surface area contributed by atoms with Gasteiger partial charge in [-0.3, -0.25) is 4.57 Å². The molecule has 0 unspecified atom stereocenters. The molecule has 0 saturated heterocycles. The lowest BCUT2D eigenvalue weighted by Gasteiger charge is -2.26. The highest BCUT2D eigenvalue weighted by Crippen LogP contribution is 2.26. The van der Waals surface area contributed by atoms with Crippen molar-refractivity contribution in [3.8, 4) is 0 Å². The molecule has 0 spiro atoms. The number of imidazole rings is 1. The van der Waals surface area contributed by atoms with Crippen molar-refractivity contribution in [2.24, 2.45) is 0 Å². The molecule has 0 amide bonds. The highest BCUT2D eigenvalue weighted by molar-refractivity contribution is 5.81. The molecule has 3 rings (SSSR count). The van der Waals surface area contributed by atoms with E-state index in [1.165, 1.54) is 6.33 Å². The van der Waals surface area contributed by atoms with Crippen molar-refractivity contribution in [2.45, 2.75) is 32.1 Å². The second kappa shape index (κ2) is 4.38. The van der Waals surface area contributed by atoms with E-state index in [1.807, 2.05) is 4.57 Å². The first-order valence-electron chi connectivity index (χ1n) is 6.04. The van der Waals surface area contributed by atoms with Gasteiger partial charge >= 0.3 is 0 Å². The lowest BCUT2D eigenvalue weighted by atomic mass is 10.2. The standard InChI is InChI=1S/C12H15N5O/c1-2-8-4-3-5-9(18-8)17-7-16-10-11(13)14-6-15-12(10)17/h3-4,6-9H,2,5H2,1H3,(H2,13,14,15)/t8-,9-/m1/s1. The van der Waals surface area contributed by atoms with Crippen LogP contribution in [0.4, 0.5) is 5.82 Å². The first-order chi connectivity index (χ1) is 8.79. The Kier molecular flexibility index (Phi) is 2.71. The highest BCUT2D eigenvalue weighted by atomic mass is 16.5. The summed E-state index contributed by atoms with van der Waals surface area (Å²) in [7, 11) is 0. The van der Waals surface area contributed by atoms with Crippen molar-refractivity contribution in [3.05, 3.63) is 24.8 Å². The summed E-state index contributed by atoms with van der Waals surface area (Å²) in [5, 5.41) is 0. The third-order valence-electron chi connectivity index (χ3n) is 3.12. The quantitative estimate of drug-likeness (QED) is 0.814. The Bertz CT molecular complexity index is 591. The van der Waals surface area contributed by atoms with Gasteiger partial charge in [-0.25, -0.2) is 15.0 Å². The van der Waals surface area contributed by atoms with Gasteiger partial charge in [0.2, 0.25) is 0 Å². The molecule has 0 bridgehead atoms. The van der Waals surface area contributed by atoms with Crippen molar-refractivity contribution in [3.63, 3.8) is 0 Å². The van der Waals surface area contributed by atoms with E-state index in [9.17, 15) is 0 Å². The van der Waals surface area contributed by atoms with E-state index in [1.54, 1.807) is 6.33 Å². The molecule has 6 heteroatoms. The second-order valence-corrected chi connectivity index (χ2v) is 4.28. The normalized spacial score (nSPS) is 23.6. The molecule has 0 saturated carbocycles. The van der Waals surface area contributed by atoms with Gasteiger partial charge in [0, 0.05) is 6.42 Å². The van der Waals surface area contributed by atoms with Gasteiger partial charge < -0.3 is 10.5 Å². The smallest absolute Gasteiger partial charge is 0.167 e. The van der Waals surface area contributed by atoms with Crippen LogP contribution in [0.2, 0.25) is 0 Å². The fourth-order valence-corrected chi connectivity index (χ4v) is 2.14. The minimum Gasteiger partial charge on any atom is -0.382 e. The highest BCUT2D eigenvalue weighted by Gasteiger charge is 2.21. The summed E-state index contributed by atoms with van der Waals surface area (Å²) in [6.07, 6.45) is 9.25. The van der Waals surface area contributed by atoms with Gasteiger partial charge in [0.25, 0.3) is 0 Å². The number of nitrogen functional groups attached to an aromatic ring is 1. The van der Waals surface area contributed by atoms with Crippen molar-refractivity contribution in [1.29, 1.82) is 0 Å². The van der Waals surface area contributed by atoms with Crippen LogP contribution in [-0.4, -0.2) is 25.6 Å². The van der Waals surface area contributed by atoms with Crippen LogP contribution in [0.5, 0.6) is 0 Å².